The van der Waals surface area contributed by atoms with Crippen LogP contribution in [0.3, 0.4) is 0 Å². The van der Waals surface area contributed by atoms with Gasteiger partial charge in [-0.2, -0.15) is 13.2 Å². The first kappa shape index (κ1) is 25.4. The van der Waals surface area contributed by atoms with E-state index in [2.05, 4.69) is 10.6 Å². The average Bonchev–Trinajstić information content (AvgIpc) is 2.75. The molecule has 32 heavy (non-hydrogen) atoms. The molecule has 0 saturated carbocycles. The fraction of sp³-hybridized carbons (Fsp3) is 0.435. The molecule has 0 aromatic heterocycles. The van der Waals surface area contributed by atoms with Gasteiger partial charge >= 0.3 is 6.18 Å². The lowest BCUT2D eigenvalue weighted by molar-refractivity contribution is -0.137. The number of hydrogen-bond donors (Lipinski definition) is 3. The summed E-state index contributed by atoms with van der Waals surface area (Å²) in [5.41, 5.74) is 6.64. The molecular formula is C23H28F5N3O. The fourth-order valence-electron chi connectivity index (χ4n) is 3.08. The first-order valence-electron chi connectivity index (χ1n) is 10.5. The third-order valence-corrected chi connectivity index (χ3v) is 4.99. The fourth-order valence-corrected chi connectivity index (χ4v) is 3.08. The van der Waals surface area contributed by atoms with Crippen molar-refractivity contribution < 1.29 is 26.7 Å². The molecule has 0 spiro atoms. The number of nitrogens with two attached hydrogens (primary N) is 1. The second-order valence-electron chi connectivity index (χ2n) is 7.61. The van der Waals surface area contributed by atoms with E-state index in [4.69, 9.17) is 5.73 Å². The lowest BCUT2D eigenvalue weighted by Gasteiger charge is -2.15. The standard InChI is InChI=1S/C23H28F5N3O/c1-2-3-4-5-6-18(24)21(25)22(32)31-20-12-11-17(13-19(20)29)30-14-15-7-9-16(10-8-15)23(26,27)28/h7-13,18,21,30H,2-6,14,29H2,1H3,(H,31,32)/t18-,21-/m1/s1. The van der Waals surface area contributed by atoms with Gasteiger partial charge in [-0.1, -0.05) is 44.7 Å². The summed E-state index contributed by atoms with van der Waals surface area (Å²) in [4.78, 5) is 12.0. The number of anilines is 3. The minimum Gasteiger partial charge on any atom is -0.397 e. The summed E-state index contributed by atoms with van der Waals surface area (Å²) in [5, 5.41) is 5.31. The van der Waals surface area contributed by atoms with E-state index in [1.807, 2.05) is 6.92 Å². The van der Waals surface area contributed by atoms with Gasteiger partial charge in [0.2, 0.25) is 6.17 Å². The maximum atomic E-state index is 14.1. The number of nitrogens with one attached hydrogen (secondary N) is 2. The van der Waals surface area contributed by atoms with Crippen LogP contribution in [0.5, 0.6) is 0 Å². The van der Waals surface area contributed by atoms with Crippen molar-refractivity contribution in [2.45, 2.75) is 64.1 Å². The average molecular weight is 457 g/mol. The Bertz CT molecular complexity index is 871. The number of hydrogen-bond acceptors (Lipinski definition) is 3. The molecule has 2 aromatic carbocycles. The Morgan fingerprint density at radius 3 is 2.31 bits per heavy atom. The Hall–Kier alpha value is -2.84. The van der Waals surface area contributed by atoms with Crippen LogP contribution in [-0.4, -0.2) is 18.3 Å². The van der Waals surface area contributed by atoms with Gasteiger partial charge in [0.05, 0.1) is 16.9 Å². The van der Waals surface area contributed by atoms with Gasteiger partial charge in [-0.15, -0.1) is 0 Å². The van der Waals surface area contributed by atoms with Crippen molar-refractivity contribution in [2.24, 2.45) is 0 Å². The van der Waals surface area contributed by atoms with Crippen LogP contribution in [0.4, 0.5) is 39.0 Å². The number of amides is 1. The van der Waals surface area contributed by atoms with Gasteiger partial charge in [-0.3, -0.25) is 4.79 Å². The summed E-state index contributed by atoms with van der Waals surface area (Å²) >= 11 is 0. The van der Waals surface area contributed by atoms with E-state index in [0.29, 0.717) is 17.7 Å². The van der Waals surface area contributed by atoms with Gasteiger partial charge in [0.25, 0.3) is 5.91 Å². The van der Waals surface area contributed by atoms with Gasteiger partial charge in [0.1, 0.15) is 6.17 Å². The first-order valence-corrected chi connectivity index (χ1v) is 10.5. The molecule has 4 N–H and O–H groups in total. The lowest BCUT2D eigenvalue weighted by atomic mass is 10.1. The Balaban J connectivity index is 1.89. The monoisotopic (exact) mass is 457 g/mol. The van der Waals surface area contributed by atoms with E-state index < -0.39 is 30.0 Å². The molecule has 0 aliphatic carbocycles. The molecule has 2 aromatic rings. The van der Waals surface area contributed by atoms with Gasteiger partial charge in [0, 0.05) is 12.2 Å². The number of unbranched alkanes of at least 4 members (excludes halogenated alkanes) is 3. The van der Waals surface area contributed by atoms with E-state index in [0.717, 1.165) is 31.4 Å². The van der Waals surface area contributed by atoms with E-state index >= 15 is 0 Å². The van der Waals surface area contributed by atoms with Gasteiger partial charge in [-0.05, 0) is 42.3 Å². The zero-order valence-electron chi connectivity index (χ0n) is 17.8. The zero-order chi connectivity index (χ0) is 23.7. The third kappa shape index (κ3) is 7.69. The predicted molar refractivity (Wildman–Crippen MR) is 117 cm³/mol. The quantitative estimate of drug-likeness (QED) is 0.205. The summed E-state index contributed by atoms with van der Waals surface area (Å²) in [6.45, 7) is 2.26. The molecule has 2 atom stereocenters. The predicted octanol–water partition coefficient (Wildman–Crippen LogP) is 6.48. The van der Waals surface area contributed by atoms with Crippen LogP contribution < -0.4 is 16.4 Å². The molecular weight excluding hydrogens is 429 g/mol. The Morgan fingerprint density at radius 2 is 1.72 bits per heavy atom. The molecule has 0 heterocycles. The van der Waals surface area contributed by atoms with Gasteiger partial charge < -0.3 is 16.4 Å². The molecule has 0 saturated heterocycles. The topological polar surface area (TPSA) is 67.2 Å². The maximum absolute atomic E-state index is 14.1. The van der Waals surface area contributed by atoms with E-state index in [-0.39, 0.29) is 24.3 Å². The van der Waals surface area contributed by atoms with Crippen molar-refractivity contribution >= 4 is 23.0 Å². The van der Waals surface area contributed by atoms with E-state index in [1.54, 1.807) is 6.07 Å². The van der Waals surface area contributed by atoms with Crippen LogP contribution in [0.25, 0.3) is 0 Å². The normalized spacial score (nSPS) is 13.4. The SMILES string of the molecule is CCCCCC[C@@H](F)[C@@H](F)C(=O)Nc1ccc(NCc2ccc(C(F)(F)F)cc2)cc1N. The van der Waals surface area contributed by atoms with Gasteiger partial charge in [0.15, 0.2) is 0 Å². The Morgan fingerprint density at radius 1 is 1.03 bits per heavy atom. The number of alkyl halides is 5. The van der Waals surface area contributed by atoms with E-state index in [9.17, 15) is 26.7 Å². The number of nitrogen functional groups attached to an aromatic ring is 1. The van der Waals surface area contributed by atoms with Crippen molar-refractivity contribution in [3.63, 3.8) is 0 Å². The molecule has 0 aliphatic rings. The molecule has 0 unspecified atom stereocenters. The Labute approximate surface area is 184 Å². The minimum absolute atomic E-state index is 0.0170. The molecule has 9 heteroatoms. The summed E-state index contributed by atoms with van der Waals surface area (Å²) in [6.07, 6.45) is -5.35. The van der Waals surface area contributed by atoms with Gasteiger partial charge in [-0.25, -0.2) is 8.78 Å². The molecule has 0 fully saturated rings. The molecule has 176 valence electrons. The van der Waals surface area contributed by atoms with Crippen LogP contribution in [-0.2, 0) is 17.5 Å². The van der Waals surface area contributed by atoms with Crippen molar-refractivity contribution in [3.05, 3.63) is 53.6 Å². The molecule has 0 bridgehead atoms. The smallest absolute Gasteiger partial charge is 0.397 e. The number of rotatable bonds is 11. The number of halogens is 5. The highest BCUT2D eigenvalue weighted by Gasteiger charge is 2.30. The van der Waals surface area contributed by atoms with Crippen LogP contribution in [0, 0.1) is 0 Å². The van der Waals surface area contributed by atoms with E-state index in [1.165, 1.54) is 24.3 Å². The lowest BCUT2D eigenvalue weighted by Crippen LogP contribution is -2.32. The molecule has 1 amide bonds. The first-order chi connectivity index (χ1) is 15.1. The summed E-state index contributed by atoms with van der Waals surface area (Å²) in [5.74, 6) is -1.09. The van der Waals surface area contributed by atoms with Crippen LogP contribution in [0.1, 0.15) is 50.2 Å². The van der Waals surface area contributed by atoms with Crippen molar-refractivity contribution in [2.75, 3.05) is 16.4 Å². The zero-order valence-corrected chi connectivity index (χ0v) is 17.8. The Kier molecular flexibility index (Phi) is 9.28. The molecule has 0 aliphatic heterocycles. The summed E-state index contributed by atoms with van der Waals surface area (Å²) in [6, 6.07) is 9.24. The number of carbonyl (C=O) groups is 1. The second kappa shape index (κ2) is 11.7. The second-order valence-corrected chi connectivity index (χ2v) is 7.61. The minimum atomic E-state index is -4.39. The molecule has 0 radical (unpaired) electrons. The summed E-state index contributed by atoms with van der Waals surface area (Å²) < 4.78 is 65.9. The highest BCUT2D eigenvalue weighted by Crippen LogP contribution is 2.29. The largest absolute Gasteiger partial charge is 0.416 e. The highest BCUT2D eigenvalue weighted by molar-refractivity contribution is 5.97. The molecule has 4 nitrogen and oxygen atoms in total. The van der Waals surface area contributed by atoms with Crippen molar-refractivity contribution in [3.8, 4) is 0 Å². The van der Waals surface area contributed by atoms with Crippen molar-refractivity contribution in [1.82, 2.24) is 0 Å². The van der Waals surface area contributed by atoms with Crippen LogP contribution in [0.2, 0.25) is 0 Å². The molecule has 2 rings (SSSR count). The number of carbonyl (C=O) groups excluding carboxylic acids is 1. The maximum Gasteiger partial charge on any atom is 0.416 e. The third-order valence-electron chi connectivity index (χ3n) is 4.99. The van der Waals surface area contributed by atoms with Crippen LogP contribution >= 0.6 is 0 Å². The highest BCUT2D eigenvalue weighted by atomic mass is 19.4. The van der Waals surface area contributed by atoms with Crippen LogP contribution in [0.15, 0.2) is 42.5 Å². The summed E-state index contributed by atoms with van der Waals surface area (Å²) in [7, 11) is 0. The number of benzene rings is 2. The van der Waals surface area contributed by atoms with Crippen molar-refractivity contribution in [1.29, 1.82) is 0 Å².